The van der Waals surface area contributed by atoms with Crippen molar-refractivity contribution in [3.63, 3.8) is 0 Å². The van der Waals surface area contributed by atoms with Gasteiger partial charge in [0.1, 0.15) is 11.6 Å². The quantitative estimate of drug-likeness (QED) is 0.694. The van der Waals surface area contributed by atoms with E-state index < -0.39 is 0 Å². The monoisotopic (exact) mass is 362 g/mol. The Kier molecular flexibility index (Phi) is 5.40. The molecule has 0 saturated carbocycles. The van der Waals surface area contributed by atoms with E-state index in [1.165, 1.54) is 18.0 Å². The number of aryl methyl sites for hydroxylation is 2. The van der Waals surface area contributed by atoms with Crippen molar-refractivity contribution in [2.45, 2.75) is 18.7 Å². The number of hydrogen-bond donors (Lipinski definition) is 1. The zero-order valence-electron chi connectivity index (χ0n) is 14.6. The van der Waals surface area contributed by atoms with Crippen LogP contribution in [0.15, 0.2) is 59.6 Å². The predicted molar refractivity (Wildman–Crippen MR) is 104 cm³/mol. The molecule has 1 heterocycles. The number of nitrogens with one attached hydrogen (secondary N) is 1. The highest BCUT2D eigenvalue weighted by atomic mass is 32.2. The molecule has 0 aliphatic rings. The summed E-state index contributed by atoms with van der Waals surface area (Å²) in [6.07, 6.45) is 1.46. The molecule has 0 fully saturated rings. The van der Waals surface area contributed by atoms with Gasteiger partial charge >= 0.3 is 0 Å². The van der Waals surface area contributed by atoms with Crippen LogP contribution in [0.3, 0.4) is 0 Å². The molecule has 6 heteroatoms. The molecule has 2 aromatic carbocycles. The highest BCUT2D eigenvalue weighted by Gasteiger charge is 2.15. The molecular weight excluding hydrogens is 344 g/mol. The summed E-state index contributed by atoms with van der Waals surface area (Å²) in [7, 11) is 0. The Hall–Kier alpha value is -3.04. The number of aromatic nitrogens is 2. The normalized spacial score (nSPS) is 10.3. The highest BCUT2D eigenvalue weighted by Crippen LogP contribution is 2.24. The summed E-state index contributed by atoms with van der Waals surface area (Å²) in [6, 6.07) is 17.6. The number of carbonyl (C=O) groups is 1. The third-order valence-electron chi connectivity index (χ3n) is 3.85. The second kappa shape index (κ2) is 7.89. The van der Waals surface area contributed by atoms with E-state index in [9.17, 15) is 10.1 Å². The van der Waals surface area contributed by atoms with Gasteiger partial charge in [-0.15, -0.1) is 11.8 Å². The molecule has 1 N–H and O–H groups in total. The van der Waals surface area contributed by atoms with Crippen LogP contribution in [0.1, 0.15) is 16.7 Å². The van der Waals surface area contributed by atoms with Gasteiger partial charge in [-0.2, -0.15) is 10.4 Å². The average molecular weight is 362 g/mol. The lowest BCUT2D eigenvalue weighted by Crippen LogP contribution is -2.17. The third-order valence-corrected chi connectivity index (χ3v) is 5.01. The van der Waals surface area contributed by atoms with E-state index in [1.54, 1.807) is 4.68 Å². The standard InChI is InChI=1S/C20H18N4OS/c1-14-8-9-15(2)18(10-14)26-13-19(25)23-20-16(11-21)12-22-24(20)17-6-4-3-5-7-17/h3-10,12H,13H2,1-2H3,(H,23,25). The second-order valence-corrected chi connectivity index (χ2v) is 6.89. The van der Waals surface area contributed by atoms with Crippen molar-refractivity contribution in [1.82, 2.24) is 9.78 Å². The number of carbonyl (C=O) groups excluding carboxylic acids is 1. The van der Waals surface area contributed by atoms with E-state index >= 15 is 0 Å². The smallest absolute Gasteiger partial charge is 0.235 e. The van der Waals surface area contributed by atoms with E-state index in [-0.39, 0.29) is 11.7 Å². The summed E-state index contributed by atoms with van der Waals surface area (Å²) in [5.41, 5.74) is 3.42. The molecule has 0 spiro atoms. The van der Waals surface area contributed by atoms with Crippen molar-refractivity contribution >= 4 is 23.5 Å². The maximum Gasteiger partial charge on any atom is 0.235 e. The maximum absolute atomic E-state index is 12.4. The van der Waals surface area contributed by atoms with Gasteiger partial charge in [-0.05, 0) is 37.6 Å². The van der Waals surface area contributed by atoms with Crippen molar-refractivity contribution < 1.29 is 4.79 Å². The number of nitrogens with zero attached hydrogens (tertiary/aromatic N) is 3. The van der Waals surface area contributed by atoms with Gasteiger partial charge in [-0.1, -0.05) is 35.9 Å². The Morgan fingerprint density at radius 2 is 2.00 bits per heavy atom. The lowest BCUT2D eigenvalue weighted by atomic mass is 10.2. The van der Waals surface area contributed by atoms with E-state index in [0.717, 1.165) is 21.7 Å². The van der Waals surface area contributed by atoms with E-state index in [4.69, 9.17) is 0 Å². The largest absolute Gasteiger partial charge is 0.309 e. The molecule has 5 nitrogen and oxygen atoms in total. The first-order chi connectivity index (χ1) is 12.6. The number of hydrogen-bond acceptors (Lipinski definition) is 4. The minimum Gasteiger partial charge on any atom is -0.309 e. The molecule has 130 valence electrons. The van der Waals surface area contributed by atoms with Crippen LogP contribution < -0.4 is 5.32 Å². The lowest BCUT2D eigenvalue weighted by Gasteiger charge is -2.10. The van der Waals surface area contributed by atoms with Crippen LogP contribution >= 0.6 is 11.8 Å². The van der Waals surface area contributed by atoms with Gasteiger partial charge in [0.15, 0.2) is 5.82 Å². The Labute approximate surface area is 156 Å². The molecule has 0 bridgehead atoms. The average Bonchev–Trinajstić information content (AvgIpc) is 3.05. The van der Waals surface area contributed by atoms with E-state index in [2.05, 4.69) is 28.6 Å². The summed E-state index contributed by atoms with van der Waals surface area (Å²) in [5, 5.41) is 16.4. The topological polar surface area (TPSA) is 70.7 Å². The molecule has 0 saturated heterocycles. The molecule has 0 aliphatic heterocycles. The number of benzene rings is 2. The minimum atomic E-state index is -0.176. The van der Waals surface area contributed by atoms with Crippen LogP contribution in [0.25, 0.3) is 5.69 Å². The Morgan fingerprint density at radius 3 is 2.73 bits per heavy atom. The van der Waals surface area contributed by atoms with Gasteiger partial charge in [0.05, 0.1) is 17.6 Å². The molecular formula is C20H18N4OS. The zero-order valence-corrected chi connectivity index (χ0v) is 15.4. The summed E-state index contributed by atoms with van der Waals surface area (Å²) < 4.78 is 1.57. The Morgan fingerprint density at radius 1 is 1.23 bits per heavy atom. The fraction of sp³-hybridized carbons (Fsp3) is 0.150. The number of thioether (sulfide) groups is 1. The number of nitriles is 1. The Bertz CT molecular complexity index is 973. The van der Waals surface area contributed by atoms with Gasteiger partial charge in [0.2, 0.25) is 5.91 Å². The molecule has 26 heavy (non-hydrogen) atoms. The maximum atomic E-state index is 12.4. The number of rotatable bonds is 5. The number of amides is 1. The van der Waals surface area contributed by atoms with Crippen molar-refractivity contribution in [3.05, 3.63) is 71.4 Å². The van der Waals surface area contributed by atoms with Crippen LogP contribution in [-0.4, -0.2) is 21.4 Å². The van der Waals surface area contributed by atoms with Gasteiger partial charge in [-0.25, -0.2) is 4.68 Å². The fourth-order valence-corrected chi connectivity index (χ4v) is 3.41. The van der Waals surface area contributed by atoms with Gasteiger partial charge in [-0.3, -0.25) is 4.79 Å². The second-order valence-electron chi connectivity index (χ2n) is 5.87. The Balaban J connectivity index is 1.76. The number of para-hydroxylation sites is 1. The van der Waals surface area contributed by atoms with E-state index in [1.807, 2.05) is 50.2 Å². The minimum absolute atomic E-state index is 0.176. The van der Waals surface area contributed by atoms with Crippen molar-refractivity contribution in [1.29, 1.82) is 5.26 Å². The molecule has 0 radical (unpaired) electrons. The third kappa shape index (κ3) is 3.95. The van der Waals surface area contributed by atoms with Crippen LogP contribution in [0, 0.1) is 25.2 Å². The molecule has 1 aromatic heterocycles. The summed E-state index contributed by atoms with van der Waals surface area (Å²) in [4.78, 5) is 13.5. The van der Waals surface area contributed by atoms with Crippen molar-refractivity contribution in [2.75, 3.05) is 11.1 Å². The first-order valence-electron chi connectivity index (χ1n) is 8.12. The SMILES string of the molecule is Cc1ccc(C)c(SCC(=O)Nc2c(C#N)cnn2-c2ccccc2)c1. The summed E-state index contributed by atoms with van der Waals surface area (Å²) >= 11 is 1.48. The van der Waals surface area contributed by atoms with Crippen LogP contribution in [0.4, 0.5) is 5.82 Å². The highest BCUT2D eigenvalue weighted by molar-refractivity contribution is 8.00. The van der Waals surface area contributed by atoms with Crippen LogP contribution in [0.2, 0.25) is 0 Å². The molecule has 0 unspecified atom stereocenters. The van der Waals surface area contributed by atoms with Gasteiger partial charge < -0.3 is 5.32 Å². The predicted octanol–water partition coefficient (Wildman–Crippen LogP) is 4.09. The fourth-order valence-electron chi connectivity index (χ4n) is 2.49. The van der Waals surface area contributed by atoms with Crippen LogP contribution in [-0.2, 0) is 4.79 Å². The van der Waals surface area contributed by atoms with Crippen LogP contribution in [0.5, 0.6) is 0 Å². The molecule has 0 atom stereocenters. The zero-order chi connectivity index (χ0) is 18.5. The van der Waals surface area contributed by atoms with Crippen molar-refractivity contribution in [3.8, 4) is 11.8 Å². The molecule has 0 aliphatic carbocycles. The lowest BCUT2D eigenvalue weighted by molar-refractivity contribution is -0.113. The van der Waals surface area contributed by atoms with Gasteiger partial charge in [0, 0.05) is 4.90 Å². The first kappa shape index (κ1) is 17.8. The first-order valence-corrected chi connectivity index (χ1v) is 9.10. The molecule has 3 aromatic rings. The van der Waals surface area contributed by atoms with Gasteiger partial charge in [0.25, 0.3) is 0 Å². The molecule has 3 rings (SSSR count). The van der Waals surface area contributed by atoms with E-state index in [0.29, 0.717) is 11.4 Å². The molecule has 1 amide bonds. The summed E-state index contributed by atoms with van der Waals surface area (Å²) in [6.45, 7) is 4.05. The number of anilines is 1. The van der Waals surface area contributed by atoms with Crippen molar-refractivity contribution in [2.24, 2.45) is 0 Å². The summed E-state index contributed by atoms with van der Waals surface area (Å²) in [5.74, 6) is 0.477.